The summed E-state index contributed by atoms with van der Waals surface area (Å²) in [5.41, 5.74) is 4.47. The standard InChI is InChI=1S/C21H22N2O3S/c1-13-7-8-16(21(25)26-4)11-19(13)22-20(24)18-10-14(2)23(15(18)3)12-17-6-5-9-27-17/h5-11H,12H2,1-4H3,(H,22,24). The summed E-state index contributed by atoms with van der Waals surface area (Å²) >= 11 is 1.70. The molecule has 27 heavy (non-hydrogen) atoms. The monoisotopic (exact) mass is 382 g/mol. The molecule has 2 aromatic heterocycles. The number of thiophene rings is 1. The first-order chi connectivity index (χ1) is 12.9. The average Bonchev–Trinajstić information content (AvgIpc) is 3.26. The Morgan fingerprint density at radius 3 is 2.59 bits per heavy atom. The van der Waals surface area contributed by atoms with E-state index in [0.29, 0.717) is 16.8 Å². The lowest BCUT2D eigenvalue weighted by Crippen LogP contribution is -2.15. The van der Waals surface area contributed by atoms with Crippen molar-refractivity contribution in [1.82, 2.24) is 4.57 Å². The smallest absolute Gasteiger partial charge is 0.337 e. The Morgan fingerprint density at radius 2 is 1.93 bits per heavy atom. The van der Waals surface area contributed by atoms with Gasteiger partial charge in [0.05, 0.1) is 24.8 Å². The van der Waals surface area contributed by atoms with Gasteiger partial charge in [0, 0.05) is 22.0 Å². The third kappa shape index (κ3) is 3.95. The lowest BCUT2D eigenvalue weighted by molar-refractivity contribution is 0.0600. The normalized spacial score (nSPS) is 10.7. The number of ether oxygens (including phenoxy) is 1. The van der Waals surface area contributed by atoms with Crippen LogP contribution in [0, 0.1) is 20.8 Å². The highest BCUT2D eigenvalue weighted by Crippen LogP contribution is 2.22. The van der Waals surface area contributed by atoms with Crippen LogP contribution in [-0.2, 0) is 11.3 Å². The summed E-state index contributed by atoms with van der Waals surface area (Å²) in [6.45, 7) is 6.59. The molecule has 0 fully saturated rings. The second-order valence-corrected chi connectivity index (χ2v) is 7.46. The first-order valence-corrected chi connectivity index (χ1v) is 9.48. The maximum absolute atomic E-state index is 12.9. The van der Waals surface area contributed by atoms with Crippen LogP contribution in [-0.4, -0.2) is 23.6 Å². The number of carbonyl (C=O) groups is 2. The van der Waals surface area contributed by atoms with E-state index in [0.717, 1.165) is 23.5 Å². The Morgan fingerprint density at radius 1 is 1.15 bits per heavy atom. The largest absolute Gasteiger partial charge is 0.465 e. The number of amides is 1. The van der Waals surface area contributed by atoms with Crippen LogP contribution < -0.4 is 5.32 Å². The van der Waals surface area contributed by atoms with Crippen molar-refractivity contribution in [3.05, 3.63) is 74.7 Å². The van der Waals surface area contributed by atoms with E-state index in [4.69, 9.17) is 4.74 Å². The third-order valence-electron chi connectivity index (χ3n) is 4.62. The molecule has 5 nitrogen and oxygen atoms in total. The molecule has 0 radical (unpaired) electrons. The maximum atomic E-state index is 12.9. The van der Waals surface area contributed by atoms with Gasteiger partial charge < -0.3 is 14.6 Å². The number of rotatable bonds is 5. The van der Waals surface area contributed by atoms with Crippen LogP contribution >= 0.6 is 11.3 Å². The lowest BCUT2D eigenvalue weighted by atomic mass is 10.1. The molecule has 0 aliphatic rings. The number of hydrogen-bond acceptors (Lipinski definition) is 4. The van der Waals surface area contributed by atoms with Crippen LogP contribution in [0.3, 0.4) is 0 Å². The molecule has 2 heterocycles. The van der Waals surface area contributed by atoms with Crippen LogP contribution in [0.25, 0.3) is 0 Å². The molecular weight excluding hydrogens is 360 g/mol. The van der Waals surface area contributed by atoms with Gasteiger partial charge in [-0.2, -0.15) is 0 Å². The molecule has 6 heteroatoms. The minimum atomic E-state index is -0.431. The summed E-state index contributed by atoms with van der Waals surface area (Å²) in [5.74, 6) is -0.620. The van der Waals surface area contributed by atoms with Gasteiger partial charge in [0.15, 0.2) is 0 Å². The van der Waals surface area contributed by atoms with Crippen molar-refractivity contribution in [2.24, 2.45) is 0 Å². The zero-order chi connectivity index (χ0) is 19.6. The molecule has 1 aromatic carbocycles. The van der Waals surface area contributed by atoms with Gasteiger partial charge in [-0.3, -0.25) is 4.79 Å². The van der Waals surface area contributed by atoms with E-state index in [2.05, 4.69) is 16.0 Å². The summed E-state index contributed by atoms with van der Waals surface area (Å²) in [5, 5.41) is 4.98. The van der Waals surface area contributed by atoms with Gasteiger partial charge in [-0.15, -0.1) is 11.3 Å². The molecule has 0 saturated heterocycles. The van der Waals surface area contributed by atoms with E-state index in [9.17, 15) is 9.59 Å². The second kappa shape index (κ2) is 7.80. The highest BCUT2D eigenvalue weighted by molar-refractivity contribution is 7.09. The van der Waals surface area contributed by atoms with Crippen molar-refractivity contribution >= 4 is 28.9 Å². The van der Waals surface area contributed by atoms with Gasteiger partial charge in [0.2, 0.25) is 0 Å². The van der Waals surface area contributed by atoms with Crippen LogP contribution in [0.2, 0.25) is 0 Å². The van der Waals surface area contributed by atoms with E-state index < -0.39 is 5.97 Å². The molecule has 140 valence electrons. The average molecular weight is 382 g/mol. The number of hydrogen-bond donors (Lipinski definition) is 1. The van der Waals surface area contributed by atoms with Crippen LogP contribution in [0.15, 0.2) is 41.8 Å². The van der Waals surface area contributed by atoms with E-state index >= 15 is 0 Å². The van der Waals surface area contributed by atoms with Gasteiger partial charge >= 0.3 is 5.97 Å². The summed E-state index contributed by atoms with van der Waals surface area (Å²) in [7, 11) is 1.34. The van der Waals surface area contributed by atoms with Gasteiger partial charge in [-0.1, -0.05) is 12.1 Å². The summed E-state index contributed by atoms with van der Waals surface area (Å²) in [4.78, 5) is 25.9. The summed E-state index contributed by atoms with van der Waals surface area (Å²) in [6, 6.07) is 11.1. The Balaban J connectivity index is 1.86. The first-order valence-electron chi connectivity index (χ1n) is 8.60. The highest BCUT2D eigenvalue weighted by atomic mass is 32.1. The van der Waals surface area contributed by atoms with Crippen molar-refractivity contribution in [1.29, 1.82) is 0 Å². The molecule has 0 aliphatic heterocycles. The summed E-state index contributed by atoms with van der Waals surface area (Å²) < 4.78 is 6.89. The molecule has 0 unspecified atom stereocenters. The van der Waals surface area contributed by atoms with Crippen molar-refractivity contribution < 1.29 is 14.3 Å². The predicted octanol–water partition coefficient (Wildman–Crippen LogP) is 4.56. The number of methoxy groups -OCH3 is 1. The third-order valence-corrected chi connectivity index (χ3v) is 5.48. The molecule has 1 amide bonds. The highest BCUT2D eigenvalue weighted by Gasteiger charge is 2.17. The number of esters is 1. The van der Waals surface area contributed by atoms with E-state index in [1.807, 2.05) is 38.3 Å². The van der Waals surface area contributed by atoms with E-state index in [-0.39, 0.29) is 5.91 Å². The fourth-order valence-corrected chi connectivity index (χ4v) is 3.72. The Labute approximate surface area is 162 Å². The van der Waals surface area contributed by atoms with Gasteiger partial charge in [0.25, 0.3) is 5.91 Å². The van der Waals surface area contributed by atoms with Crippen LogP contribution in [0.1, 0.15) is 42.5 Å². The number of benzene rings is 1. The van der Waals surface area contributed by atoms with Gasteiger partial charge in [0.1, 0.15) is 0 Å². The van der Waals surface area contributed by atoms with Crippen LogP contribution in [0.4, 0.5) is 5.69 Å². The first kappa shape index (κ1) is 18.9. The molecule has 0 saturated carbocycles. The van der Waals surface area contributed by atoms with Crippen molar-refractivity contribution in [2.75, 3.05) is 12.4 Å². The minimum Gasteiger partial charge on any atom is -0.465 e. The molecule has 3 aromatic rings. The fourth-order valence-electron chi connectivity index (χ4n) is 3.02. The predicted molar refractivity (Wildman–Crippen MR) is 108 cm³/mol. The maximum Gasteiger partial charge on any atom is 0.337 e. The molecule has 0 spiro atoms. The van der Waals surface area contributed by atoms with Crippen LogP contribution in [0.5, 0.6) is 0 Å². The second-order valence-electron chi connectivity index (χ2n) is 6.43. The number of nitrogens with one attached hydrogen (secondary N) is 1. The van der Waals surface area contributed by atoms with E-state index in [1.54, 1.807) is 29.5 Å². The zero-order valence-electron chi connectivity index (χ0n) is 15.8. The lowest BCUT2D eigenvalue weighted by Gasteiger charge is -2.11. The van der Waals surface area contributed by atoms with Crippen molar-refractivity contribution in [3.63, 3.8) is 0 Å². The molecular formula is C21H22N2O3S. The Kier molecular flexibility index (Phi) is 5.46. The quantitative estimate of drug-likeness (QED) is 0.658. The number of anilines is 1. The van der Waals surface area contributed by atoms with Gasteiger partial charge in [-0.05, 0) is 56.0 Å². The van der Waals surface area contributed by atoms with Crippen molar-refractivity contribution in [3.8, 4) is 0 Å². The Hall–Kier alpha value is -2.86. The SMILES string of the molecule is COC(=O)c1ccc(C)c(NC(=O)c2cc(C)n(Cc3cccs3)c2C)c1. The number of aromatic nitrogens is 1. The van der Waals surface area contributed by atoms with Gasteiger partial charge in [-0.25, -0.2) is 4.79 Å². The van der Waals surface area contributed by atoms with Crippen molar-refractivity contribution in [2.45, 2.75) is 27.3 Å². The minimum absolute atomic E-state index is 0.189. The number of carbonyl (C=O) groups excluding carboxylic acids is 2. The molecule has 0 atom stereocenters. The molecule has 3 rings (SSSR count). The summed E-state index contributed by atoms with van der Waals surface area (Å²) in [6.07, 6.45) is 0. The molecule has 0 bridgehead atoms. The number of aryl methyl sites for hydroxylation is 2. The number of nitrogens with zero attached hydrogens (tertiary/aromatic N) is 1. The fraction of sp³-hybridized carbons (Fsp3) is 0.238. The van der Waals surface area contributed by atoms with E-state index in [1.165, 1.54) is 12.0 Å². The Bertz CT molecular complexity index is 987. The topological polar surface area (TPSA) is 60.3 Å². The zero-order valence-corrected chi connectivity index (χ0v) is 16.6. The molecule has 0 aliphatic carbocycles. The molecule has 1 N–H and O–H groups in total.